The van der Waals surface area contributed by atoms with Gasteiger partial charge in [0.1, 0.15) is 22.4 Å². The van der Waals surface area contributed by atoms with E-state index in [1.54, 1.807) is 0 Å². The second kappa shape index (κ2) is 8.15. The lowest BCUT2D eigenvalue weighted by Crippen LogP contribution is -2.48. The SMILES string of the molecule is CC(C#N)(Cn1nc2c(Cl)cc(Cl)c(Cl)c2n1)NC(=O)c1ccc(C(F)(F)F)c(F)c1. The van der Waals surface area contributed by atoms with Crippen LogP contribution in [0.4, 0.5) is 17.6 Å². The fourth-order valence-corrected chi connectivity index (χ4v) is 3.35. The monoisotopic (exact) mass is 493 g/mol. The number of carbonyl (C=O) groups excluding carboxylic acids is 1. The smallest absolute Gasteiger partial charge is 0.332 e. The Morgan fingerprint density at radius 3 is 2.39 bits per heavy atom. The number of nitriles is 1. The van der Waals surface area contributed by atoms with E-state index < -0.39 is 34.6 Å². The lowest BCUT2D eigenvalue weighted by molar-refractivity contribution is -0.140. The van der Waals surface area contributed by atoms with Crippen molar-refractivity contribution in [2.45, 2.75) is 25.2 Å². The molecule has 13 heteroatoms. The van der Waals surface area contributed by atoms with Crippen LogP contribution in [0.5, 0.6) is 0 Å². The molecule has 162 valence electrons. The largest absolute Gasteiger partial charge is 0.419 e. The number of hydrogen-bond donors (Lipinski definition) is 1. The maximum Gasteiger partial charge on any atom is 0.419 e. The van der Waals surface area contributed by atoms with E-state index in [9.17, 15) is 27.6 Å². The van der Waals surface area contributed by atoms with E-state index >= 15 is 0 Å². The number of alkyl halides is 3. The molecule has 0 aliphatic heterocycles. The highest BCUT2D eigenvalue weighted by molar-refractivity contribution is 6.47. The summed E-state index contributed by atoms with van der Waals surface area (Å²) in [5.74, 6) is -2.58. The Hall–Kier alpha value is -2.61. The van der Waals surface area contributed by atoms with Crippen molar-refractivity contribution in [3.63, 3.8) is 0 Å². The zero-order valence-corrected chi connectivity index (χ0v) is 17.6. The van der Waals surface area contributed by atoms with Gasteiger partial charge in [0, 0.05) is 5.56 Å². The van der Waals surface area contributed by atoms with Crippen molar-refractivity contribution in [2.75, 3.05) is 0 Å². The van der Waals surface area contributed by atoms with Crippen molar-refractivity contribution in [2.24, 2.45) is 0 Å². The molecule has 0 aliphatic rings. The molecule has 0 saturated carbocycles. The molecule has 1 N–H and O–H groups in total. The molecule has 0 spiro atoms. The molecule has 1 heterocycles. The van der Waals surface area contributed by atoms with Crippen LogP contribution < -0.4 is 5.32 Å². The average Bonchev–Trinajstić information content (AvgIpc) is 3.09. The quantitative estimate of drug-likeness (QED) is 0.396. The lowest BCUT2D eigenvalue weighted by Gasteiger charge is -2.22. The fraction of sp³-hybridized carbons (Fsp3) is 0.222. The molecular formula is C18H10Cl3F4N5O. The van der Waals surface area contributed by atoms with Crippen LogP contribution in [0.3, 0.4) is 0 Å². The number of nitrogens with one attached hydrogen (secondary N) is 1. The molecule has 2 aromatic carbocycles. The molecule has 1 aromatic heterocycles. The first-order valence-corrected chi connectivity index (χ1v) is 9.47. The molecule has 0 bridgehead atoms. The second-order valence-corrected chi connectivity index (χ2v) is 7.86. The number of halogens is 7. The first-order chi connectivity index (χ1) is 14.3. The maximum atomic E-state index is 13.8. The minimum absolute atomic E-state index is 0.0928. The van der Waals surface area contributed by atoms with Gasteiger partial charge in [-0.25, -0.2) is 4.39 Å². The summed E-state index contributed by atoms with van der Waals surface area (Å²) in [5, 5.41) is 20.5. The van der Waals surface area contributed by atoms with Gasteiger partial charge in [-0.15, -0.1) is 0 Å². The number of amides is 1. The third kappa shape index (κ3) is 4.69. The molecule has 1 unspecified atom stereocenters. The number of aromatic nitrogens is 3. The van der Waals surface area contributed by atoms with Crippen molar-refractivity contribution >= 4 is 51.7 Å². The molecule has 1 atom stereocenters. The standard InChI is InChI=1S/C18H10Cl3F4N5O/c1-17(6-26,7-30-28-14-11(20)5-10(19)13(21)15(14)29-30)27-16(31)8-2-3-9(12(22)4-8)18(23,24)25/h2-5H,7H2,1H3,(H,27,31). The van der Waals surface area contributed by atoms with Gasteiger partial charge in [0.25, 0.3) is 5.91 Å². The fourth-order valence-electron chi connectivity index (χ4n) is 2.68. The Labute approximate surface area is 187 Å². The molecule has 0 aliphatic carbocycles. The number of fused-ring (bicyclic) bond motifs is 1. The molecule has 3 rings (SSSR count). The summed E-state index contributed by atoms with van der Waals surface area (Å²) in [7, 11) is 0. The molecule has 0 radical (unpaired) electrons. The summed E-state index contributed by atoms with van der Waals surface area (Å²) in [6, 6.07) is 4.93. The second-order valence-electron chi connectivity index (χ2n) is 6.67. The van der Waals surface area contributed by atoms with Crippen LogP contribution in [0.15, 0.2) is 24.3 Å². The van der Waals surface area contributed by atoms with Gasteiger partial charge >= 0.3 is 6.18 Å². The van der Waals surface area contributed by atoms with Gasteiger partial charge in [-0.05, 0) is 31.2 Å². The number of benzene rings is 2. The molecule has 0 fully saturated rings. The van der Waals surface area contributed by atoms with E-state index in [1.807, 2.05) is 6.07 Å². The highest BCUT2D eigenvalue weighted by atomic mass is 35.5. The van der Waals surface area contributed by atoms with Crippen LogP contribution >= 0.6 is 34.8 Å². The van der Waals surface area contributed by atoms with Gasteiger partial charge in [0.15, 0.2) is 0 Å². The average molecular weight is 495 g/mol. The highest BCUT2D eigenvalue weighted by Gasteiger charge is 2.35. The zero-order chi connectivity index (χ0) is 23.1. The molecule has 31 heavy (non-hydrogen) atoms. The van der Waals surface area contributed by atoms with E-state index in [0.29, 0.717) is 12.1 Å². The van der Waals surface area contributed by atoms with Gasteiger partial charge in [0.2, 0.25) is 0 Å². The van der Waals surface area contributed by atoms with Crippen molar-refractivity contribution < 1.29 is 22.4 Å². The Kier molecular flexibility index (Phi) is 6.06. The number of carbonyl (C=O) groups is 1. The summed E-state index contributed by atoms with van der Waals surface area (Å²) in [5.41, 5.74) is -3.13. The van der Waals surface area contributed by atoms with Crippen LogP contribution in [0.25, 0.3) is 11.0 Å². The predicted octanol–water partition coefficient (Wildman–Crippen LogP) is 5.26. The van der Waals surface area contributed by atoms with E-state index in [4.69, 9.17) is 34.8 Å². The normalized spacial score (nSPS) is 13.6. The zero-order valence-electron chi connectivity index (χ0n) is 15.4. The number of nitrogens with zero attached hydrogens (tertiary/aromatic N) is 4. The van der Waals surface area contributed by atoms with Crippen molar-refractivity contribution in [1.29, 1.82) is 5.26 Å². The summed E-state index contributed by atoms with van der Waals surface area (Å²) in [4.78, 5) is 13.5. The van der Waals surface area contributed by atoms with Crippen LogP contribution in [-0.2, 0) is 12.7 Å². The van der Waals surface area contributed by atoms with Crippen LogP contribution in [0.2, 0.25) is 15.1 Å². The highest BCUT2D eigenvalue weighted by Crippen LogP contribution is 2.34. The van der Waals surface area contributed by atoms with E-state index in [2.05, 4.69) is 15.5 Å². The Morgan fingerprint density at radius 2 is 1.81 bits per heavy atom. The van der Waals surface area contributed by atoms with Crippen molar-refractivity contribution in [1.82, 2.24) is 20.3 Å². The first-order valence-electron chi connectivity index (χ1n) is 8.33. The first kappa shape index (κ1) is 23.1. The molecule has 0 saturated heterocycles. The van der Waals surface area contributed by atoms with E-state index in [0.717, 1.165) is 10.9 Å². The van der Waals surface area contributed by atoms with Gasteiger partial charge in [0.05, 0.1) is 33.2 Å². The molecule has 1 amide bonds. The van der Waals surface area contributed by atoms with Gasteiger partial charge < -0.3 is 5.32 Å². The maximum absolute atomic E-state index is 13.8. The predicted molar refractivity (Wildman–Crippen MR) is 105 cm³/mol. The Balaban J connectivity index is 1.86. The van der Waals surface area contributed by atoms with Crippen LogP contribution in [0, 0.1) is 17.1 Å². The molecular weight excluding hydrogens is 485 g/mol. The molecule has 3 aromatic rings. The lowest BCUT2D eigenvalue weighted by atomic mass is 10.0. The topological polar surface area (TPSA) is 83.6 Å². The molecule has 6 nitrogen and oxygen atoms in total. The summed E-state index contributed by atoms with van der Waals surface area (Å²) >= 11 is 18.1. The van der Waals surface area contributed by atoms with Crippen LogP contribution in [0.1, 0.15) is 22.8 Å². The van der Waals surface area contributed by atoms with Gasteiger partial charge in [-0.1, -0.05) is 34.8 Å². The van der Waals surface area contributed by atoms with Gasteiger partial charge in [-0.2, -0.15) is 33.4 Å². The van der Waals surface area contributed by atoms with Gasteiger partial charge in [-0.3, -0.25) is 4.79 Å². The summed E-state index contributed by atoms with van der Waals surface area (Å²) < 4.78 is 51.8. The number of hydrogen-bond acceptors (Lipinski definition) is 4. The van der Waals surface area contributed by atoms with Crippen molar-refractivity contribution in [3.8, 4) is 6.07 Å². The number of rotatable bonds is 4. The third-order valence-electron chi connectivity index (χ3n) is 4.18. The van der Waals surface area contributed by atoms with Crippen LogP contribution in [-0.4, -0.2) is 26.4 Å². The minimum atomic E-state index is -4.90. The minimum Gasteiger partial charge on any atom is -0.332 e. The van der Waals surface area contributed by atoms with E-state index in [-0.39, 0.29) is 32.6 Å². The summed E-state index contributed by atoms with van der Waals surface area (Å²) in [6.45, 7) is 1.05. The van der Waals surface area contributed by atoms with Crippen molar-refractivity contribution in [3.05, 3.63) is 56.3 Å². The third-order valence-corrected chi connectivity index (χ3v) is 5.25. The Morgan fingerprint density at radius 1 is 1.16 bits per heavy atom. The summed E-state index contributed by atoms with van der Waals surface area (Å²) in [6.07, 6.45) is -4.90. The Bertz CT molecular complexity index is 1240. The van der Waals surface area contributed by atoms with E-state index in [1.165, 1.54) is 13.0 Å².